The number of hydrogen-bond donors (Lipinski definition) is 1. The number of hydrogen-bond acceptors (Lipinski definition) is 4. The number of carboxylic acids is 1. The first-order chi connectivity index (χ1) is 8.14. The Morgan fingerprint density at radius 1 is 1.56 bits per heavy atom. The number of aliphatic carboxylic acids is 1. The number of nitrogens with zero attached hydrogens (tertiary/aromatic N) is 3. The summed E-state index contributed by atoms with van der Waals surface area (Å²) < 4.78 is 27.0. The average Bonchev–Trinajstić information content (AvgIpc) is 2.65. The Morgan fingerprint density at radius 3 is 2.44 bits per heavy atom. The van der Waals surface area contributed by atoms with Gasteiger partial charge in [0.25, 0.3) is 0 Å². The summed E-state index contributed by atoms with van der Waals surface area (Å²) in [5.41, 5.74) is -1.51. The number of sulfonamides is 1. The second kappa shape index (κ2) is 4.69. The average molecular weight is 275 g/mol. The van der Waals surface area contributed by atoms with Crippen molar-refractivity contribution in [3.63, 3.8) is 0 Å². The molecule has 0 aliphatic carbocycles. The van der Waals surface area contributed by atoms with Crippen LogP contribution in [-0.2, 0) is 21.9 Å². The van der Waals surface area contributed by atoms with Crippen molar-refractivity contribution in [2.75, 3.05) is 6.54 Å². The van der Waals surface area contributed by atoms with Crippen LogP contribution in [0.3, 0.4) is 0 Å². The Balaban J connectivity index is 3.29. The van der Waals surface area contributed by atoms with E-state index in [-0.39, 0.29) is 11.4 Å². The monoisotopic (exact) mass is 275 g/mol. The van der Waals surface area contributed by atoms with Crippen LogP contribution in [0.5, 0.6) is 0 Å². The number of aromatic nitrogens is 2. The van der Waals surface area contributed by atoms with Gasteiger partial charge in [-0.15, -0.1) is 0 Å². The van der Waals surface area contributed by atoms with Crippen molar-refractivity contribution in [1.82, 2.24) is 14.1 Å². The normalized spacial score (nSPS) is 12.9. The predicted molar refractivity (Wildman–Crippen MR) is 64.5 cm³/mol. The molecule has 0 saturated carbocycles. The highest BCUT2D eigenvalue weighted by Gasteiger charge is 2.42. The van der Waals surface area contributed by atoms with E-state index in [4.69, 9.17) is 5.11 Å². The first-order valence-electron chi connectivity index (χ1n) is 5.39. The third kappa shape index (κ3) is 2.39. The molecule has 1 heterocycles. The van der Waals surface area contributed by atoms with E-state index < -0.39 is 21.5 Å². The SMILES string of the molecule is CCN(C(C)(C)C(=O)O)S(=O)(=O)c1cnn(C)c1. The zero-order valence-corrected chi connectivity index (χ0v) is 11.6. The van der Waals surface area contributed by atoms with Gasteiger partial charge in [-0.25, -0.2) is 8.42 Å². The van der Waals surface area contributed by atoms with Gasteiger partial charge in [-0.1, -0.05) is 6.92 Å². The highest BCUT2D eigenvalue weighted by Crippen LogP contribution is 2.24. The summed E-state index contributed by atoms with van der Waals surface area (Å²) in [7, 11) is -2.27. The molecule has 0 spiro atoms. The Morgan fingerprint density at radius 2 is 2.11 bits per heavy atom. The summed E-state index contributed by atoms with van der Waals surface area (Å²) in [6, 6.07) is 0. The molecule has 1 rings (SSSR count). The van der Waals surface area contributed by atoms with Crippen LogP contribution < -0.4 is 0 Å². The molecule has 0 aliphatic rings. The van der Waals surface area contributed by atoms with Gasteiger partial charge in [0.1, 0.15) is 10.4 Å². The summed E-state index contributed by atoms with van der Waals surface area (Å²) in [4.78, 5) is 11.2. The van der Waals surface area contributed by atoms with E-state index in [1.165, 1.54) is 30.9 Å². The number of carboxylic acid groups (broad SMARTS) is 1. The van der Waals surface area contributed by atoms with Gasteiger partial charge < -0.3 is 5.11 Å². The Bertz CT molecular complexity index is 547. The number of rotatable bonds is 5. The molecule has 0 unspecified atom stereocenters. The molecule has 8 heteroatoms. The molecule has 0 fully saturated rings. The Labute approximate surface area is 106 Å². The summed E-state index contributed by atoms with van der Waals surface area (Å²) >= 11 is 0. The number of carbonyl (C=O) groups is 1. The van der Waals surface area contributed by atoms with Crippen LogP contribution in [0.1, 0.15) is 20.8 Å². The zero-order valence-electron chi connectivity index (χ0n) is 10.8. The van der Waals surface area contributed by atoms with Gasteiger partial charge in [-0.3, -0.25) is 9.48 Å². The molecule has 0 aliphatic heterocycles. The molecular weight excluding hydrogens is 258 g/mol. The van der Waals surface area contributed by atoms with Crippen molar-refractivity contribution in [1.29, 1.82) is 0 Å². The summed E-state index contributed by atoms with van der Waals surface area (Å²) in [5.74, 6) is -1.20. The van der Waals surface area contributed by atoms with Crippen LogP contribution in [0.4, 0.5) is 0 Å². The van der Waals surface area contributed by atoms with Gasteiger partial charge in [0.15, 0.2) is 0 Å². The van der Waals surface area contributed by atoms with E-state index >= 15 is 0 Å². The maximum absolute atomic E-state index is 12.3. The molecule has 0 aromatic carbocycles. The molecule has 102 valence electrons. The second-order valence-corrected chi connectivity index (χ2v) is 6.25. The third-order valence-corrected chi connectivity index (χ3v) is 4.80. The zero-order chi connectivity index (χ0) is 14.1. The van der Waals surface area contributed by atoms with Crippen molar-refractivity contribution in [3.05, 3.63) is 12.4 Å². The van der Waals surface area contributed by atoms with Crippen LogP contribution in [0.15, 0.2) is 17.3 Å². The van der Waals surface area contributed by atoms with Crippen molar-refractivity contribution >= 4 is 16.0 Å². The van der Waals surface area contributed by atoms with Crippen LogP contribution in [0.25, 0.3) is 0 Å². The minimum absolute atomic E-state index is 0.0128. The molecule has 0 saturated heterocycles. The molecule has 0 radical (unpaired) electrons. The first kappa shape index (κ1) is 14.7. The van der Waals surface area contributed by atoms with Crippen LogP contribution in [0.2, 0.25) is 0 Å². The van der Waals surface area contributed by atoms with Crippen molar-refractivity contribution in [3.8, 4) is 0 Å². The minimum atomic E-state index is -3.86. The molecular formula is C10H17N3O4S. The smallest absolute Gasteiger partial charge is 0.324 e. The maximum Gasteiger partial charge on any atom is 0.324 e. The molecule has 1 aromatic rings. The van der Waals surface area contributed by atoms with E-state index in [1.54, 1.807) is 14.0 Å². The molecule has 1 aromatic heterocycles. The Hall–Kier alpha value is -1.41. The molecule has 0 amide bonds. The first-order valence-corrected chi connectivity index (χ1v) is 6.83. The quantitative estimate of drug-likeness (QED) is 0.834. The lowest BCUT2D eigenvalue weighted by atomic mass is 10.1. The lowest BCUT2D eigenvalue weighted by Gasteiger charge is -2.32. The summed E-state index contributed by atoms with van der Waals surface area (Å²) in [5, 5.41) is 12.9. The van der Waals surface area contributed by atoms with Crippen LogP contribution in [-0.4, -0.2) is 45.7 Å². The molecule has 18 heavy (non-hydrogen) atoms. The fourth-order valence-electron chi connectivity index (χ4n) is 1.63. The molecule has 1 N–H and O–H groups in total. The van der Waals surface area contributed by atoms with Gasteiger partial charge in [0, 0.05) is 19.8 Å². The van der Waals surface area contributed by atoms with Gasteiger partial charge in [-0.05, 0) is 13.8 Å². The van der Waals surface area contributed by atoms with Crippen LogP contribution in [0, 0.1) is 0 Å². The highest BCUT2D eigenvalue weighted by molar-refractivity contribution is 7.89. The van der Waals surface area contributed by atoms with E-state index in [2.05, 4.69) is 5.10 Å². The van der Waals surface area contributed by atoms with Crippen molar-refractivity contribution in [2.45, 2.75) is 31.2 Å². The maximum atomic E-state index is 12.3. The van der Waals surface area contributed by atoms with Crippen molar-refractivity contribution in [2.24, 2.45) is 7.05 Å². The minimum Gasteiger partial charge on any atom is -0.480 e. The second-order valence-electron chi connectivity index (χ2n) is 4.38. The van der Waals surface area contributed by atoms with Gasteiger partial charge in [0.05, 0.1) is 6.20 Å². The van der Waals surface area contributed by atoms with Gasteiger partial charge >= 0.3 is 5.97 Å². The lowest BCUT2D eigenvalue weighted by Crippen LogP contribution is -2.52. The summed E-state index contributed by atoms with van der Waals surface area (Å²) in [6.45, 7) is 4.37. The van der Waals surface area contributed by atoms with E-state index in [9.17, 15) is 13.2 Å². The number of aryl methyl sites for hydroxylation is 1. The largest absolute Gasteiger partial charge is 0.480 e. The molecule has 0 bridgehead atoms. The highest BCUT2D eigenvalue weighted by atomic mass is 32.2. The standard InChI is InChI=1S/C10H17N3O4S/c1-5-13(10(2,3)9(14)15)18(16,17)8-6-11-12(4)7-8/h6-7H,5H2,1-4H3,(H,14,15). The fraction of sp³-hybridized carbons (Fsp3) is 0.600. The van der Waals surface area contributed by atoms with Crippen molar-refractivity contribution < 1.29 is 18.3 Å². The molecule has 7 nitrogen and oxygen atoms in total. The van der Waals surface area contributed by atoms with Gasteiger partial charge in [0.2, 0.25) is 10.0 Å². The van der Waals surface area contributed by atoms with Gasteiger partial charge in [-0.2, -0.15) is 9.40 Å². The lowest BCUT2D eigenvalue weighted by molar-refractivity contribution is -0.146. The number of likely N-dealkylation sites (N-methyl/N-ethyl adjacent to an activating group) is 1. The third-order valence-electron chi connectivity index (χ3n) is 2.70. The van der Waals surface area contributed by atoms with Crippen LogP contribution >= 0.6 is 0 Å². The summed E-state index contributed by atoms with van der Waals surface area (Å²) in [6.07, 6.45) is 2.55. The predicted octanol–water partition coefficient (Wildman–Crippen LogP) is 0.294. The van der Waals surface area contributed by atoms with E-state index in [1.807, 2.05) is 0 Å². The molecule has 0 atom stereocenters. The topological polar surface area (TPSA) is 92.5 Å². The van der Waals surface area contributed by atoms with E-state index in [0.29, 0.717) is 0 Å². The fourth-order valence-corrected chi connectivity index (χ4v) is 3.37. The van der Waals surface area contributed by atoms with E-state index in [0.717, 1.165) is 4.31 Å². The Kier molecular flexibility index (Phi) is 3.82.